The minimum atomic E-state index is -0.373. The largest absolute Gasteiger partial charge is 0.493 e. The fourth-order valence-electron chi connectivity index (χ4n) is 6.54. The highest BCUT2D eigenvalue weighted by Gasteiger charge is 2.63. The molecule has 1 aromatic carbocycles. The molecule has 6 rings (SSSR count). The molecule has 2 bridgehead atoms. The average Bonchev–Trinajstić information content (AvgIpc) is 3.09. The summed E-state index contributed by atoms with van der Waals surface area (Å²) in [6.45, 7) is 1.92. The third-order valence-corrected chi connectivity index (χ3v) is 7.63. The zero-order valence-corrected chi connectivity index (χ0v) is 17.3. The van der Waals surface area contributed by atoms with Crippen molar-refractivity contribution >= 4 is 5.97 Å². The molecular weight excluding hydrogens is 378 g/mol. The van der Waals surface area contributed by atoms with Crippen molar-refractivity contribution in [1.82, 2.24) is 4.98 Å². The van der Waals surface area contributed by atoms with Gasteiger partial charge in [0.15, 0.2) is 17.6 Å². The summed E-state index contributed by atoms with van der Waals surface area (Å²) in [6, 6.07) is 6.04. The summed E-state index contributed by atoms with van der Waals surface area (Å²) in [4.78, 5) is 17.0. The molecule has 1 fully saturated rings. The number of aryl methyl sites for hydroxylation is 1. The van der Waals surface area contributed by atoms with Crippen molar-refractivity contribution in [1.29, 1.82) is 0 Å². The van der Waals surface area contributed by atoms with E-state index >= 15 is 0 Å². The van der Waals surface area contributed by atoms with Gasteiger partial charge < -0.3 is 14.2 Å². The van der Waals surface area contributed by atoms with Gasteiger partial charge in [0.1, 0.15) is 5.76 Å². The van der Waals surface area contributed by atoms with E-state index in [0.717, 1.165) is 36.3 Å². The van der Waals surface area contributed by atoms with E-state index in [1.165, 1.54) is 24.0 Å². The molecule has 1 saturated carbocycles. The van der Waals surface area contributed by atoms with Crippen LogP contribution < -0.4 is 9.47 Å². The highest BCUT2D eigenvalue weighted by atomic mass is 16.6. The summed E-state index contributed by atoms with van der Waals surface area (Å²) >= 11 is 0. The quantitative estimate of drug-likeness (QED) is 0.706. The van der Waals surface area contributed by atoms with Crippen molar-refractivity contribution in [3.8, 4) is 11.5 Å². The van der Waals surface area contributed by atoms with Crippen LogP contribution >= 0.6 is 0 Å². The van der Waals surface area contributed by atoms with Gasteiger partial charge in [-0.15, -0.1) is 0 Å². The first-order valence-corrected chi connectivity index (χ1v) is 10.8. The van der Waals surface area contributed by atoms with Crippen LogP contribution in [0.2, 0.25) is 0 Å². The molecule has 1 spiro atoms. The van der Waals surface area contributed by atoms with Crippen molar-refractivity contribution in [2.45, 2.75) is 50.5 Å². The minimum absolute atomic E-state index is 0.115. The molecule has 5 nitrogen and oxygen atoms in total. The Labute approximate surface area is 176 Å². The first kappa shape index (κ1) is 18.0. The third-order valence-electron chi connectivity index (χ3n) is 7.63. The number of ether oxygens (including phenoxy) is 3. The predicted octanol–water partition coefficient (Wildman–Crippen LogP) is 4.51. The fourth-order valence-corrected chi connectivity index (χ4v) is 6.54. The van der Waals surface area contributed by atoms with Gasteiger partial charge in [-0.1, -0.05) is 12.5 Å². The molecule has 0 saturated heterocycles. The Morgan fingerprint density at radius 3 is 3.03 bits per heavy atom. The van der Waals surface area contributed by atoms with E-state index in [-0.39, 0.29) is 17.5 Å². The number of pyridine rings is 1. The van der Waals surface area contributed by atoms with Crippen molar-refractivity contribution in [2.24, 2.45) is 11.8 Å². The number of allylic oxidation sites excluding steroid dienone is 1. The maximum Gasteiger partial charge on any atom is 0.344 e. The molecule has 1 aromatic heterocycles. The second-order valence-corrected chi connectivity index (χ2v) is 9.11. The SMILES string of the molecule is COc1ccc2c3c1OC1C(OC(=O)c4cncc(C)c4)=CCC4C(CCCC314)C2. The van der Waals surface area contributed by atoms with Crippen LogP contribution in [0.5, 0.6) is 11.5 Å². The molecule has 5 heteroatoms. The molecular formula is C25H25NO4. The molecule has 2 aromatic rings. The Hall–Kier alpha value is -2.82. The van der Waals surface area contributed by atoms with Crippen LogP contribution in [0.1, 0.15) is 52.7 Å². The molecule has 0 radical (unpaired) electrons. The Kier molecular flexibility index (Phi) is 3.80. The van der Waals surface area contributed by atoms with Crippen LogP contribution in [-0.2, 0) is 16.6 Å². The standard InChI is InChI=1S/C25H25NO4/c1-14-10-17(13-26-12-14)24(27)29-20-8-6-18-15-4-3-9-25(18)21-16(11-15)5-7-19(28-2)22(21)30-23(20)25/h5,7-8,10,12-13,15,18,23H,3-4,6,9,11H2,1-2H3. The van der Waals surface area contributed by atoms with E-state index < -0.39 is 0 Å². The smallest absolute Gasteiger partial charge is 0.344 e. The van der Waals surface area contributed by atoms with Crippen LogP contribution in [-0.4, -0.2) is 24.2 Å². The number of methoxy groups -OCH3 is 1. The zero-order valence-electron chi connectivity index (χ0n) is 17.3. The topological polar surface area (TPSA) is 57.7 Å². The summed E-state index contributed by atoms with van der Waals surface area (Å²) in [7, 11) is 1.69. The summed E-state index contributed by atoms with van der Waals surface area (Å²) in [6.07, 6.45) is 10.6. The second-order valence-electron chi connectivity index (χ2n) is 9.11. The van der Waals surface area contributed by atoms with Crippen LogP contribution in [0.4, 0.5) is 0 Å². The van der Waals surface area contributed by atoms with Gasteiger partial charge in [0.05, 0.1) is 12.7 Å². The summed E-state index contributed by atoms with van der Waals surface area (Å²) in [5.74, 6) is 3.08. The van der Waals surface area contributed by atoms with Gasteiger partial charge in [-0.05, 0) is 73.8 Å². The Morgan fingerprint density at radius 1 is 1.30 bits per heavy atom. The van der Waals surface area contributed by atoms with E-state index in [0.29, 0.717) is 23.2 Å². The van der Waals surface area contributed by atoms with Crippen molar-refractivity contribution in [2.75, 3.05) is 7.11 Å². The highest BCUT2D eigenvalue weighted by molar-refractivity contribution is 5.90. The number of nitrogens with zero attached hydrogens (tertiary/aromatic N) is 1. The molecule has 0 amide bonds. The van der Waals surface area contributed by atoms with Gasteiger partial charge in [-0.25, -0.2) is 4.79 Å². The number of esters is 1. The second kappa shape index (κ2) is 6.34. The number of aromatic nitrogens is 1. The van der Waals surface area contributed by atoms with Gasteiger partial charge in [0.2, 0.25) is 0 Å². The maximum atomic E-state index is 12.9. The van der Waals surface area contributed by atoms with Gasteiger partial charge in [0, 0.05) is 23.4 Å². The average molecular weight is 403 g/mol. The lowest BCUT2D eigenvalue weighted by Crippen LogP contribution is -2.55. The number of carbonyl (C=O) groups excluding carboxylic acids is 1. The first-order chi connectivity index (χ1) is 14.6. The monoisotopic (exact) mass is 403 g/mol. The lowest BCUT2D eigenvalue weighted by atomic mass is 9.49. The molecule has 30 heavy (non-hydrogen) atoms. The molecule has 4 aliphatic rings. The van der Waals surface area contributed by atoms with Gasteiger partial charge >= 0.3 is 5.97 Å². The Bertz CT molecular complexity index is 1090. The number of rotatable bonds is 3. The number of hydrogen-bond acceptors (Lipinski definition) is 5. The van der Waals surface area contributed by atoms with Crippen LogP contribution in [0, 0.1) is 18.8 Å². The minimum Gasteiger partial charge on any atom is -0.493 e. The number of carbonyl (C=O) groups is 1. The third kappa shape index (κ3) is 2.29. The van der Waals surface area contributed by atoms with Crippen LogP contribution in [0.25, 0.3) is 0 Å². The summed E-state index contributed by atoms with van der Waals surface area (Å²) in [5, 5.41) is 0. The van der Waals surface area contributed by atoms with Crippen molar-refractivity contribution in [3.05, 3.63) is 64.7 Å². The van der Waals surface area contributed by atoms with Crippen LogP contribution in [0.3, 0.4) is 0 Å². The molecule has 3 aliphatic carbocycles. The Balaban J connectivity index is 1.43. The van der Waals surface area contributed by atoms with Crippen molar-refractivity contribution < 1.29 is 19.0 Å². The summed E-state index contributed by atoms with van der Waals surface area (Å²) < 4.78 is 18.2. The van der Waals surface area contributed by atoms with Gasteiger partial charge in [-0.3, -0.25) is 4.98 Å². The fraction of sp³-hybridized carbons (Fsp3) is 0.440. The summed E-state index contributed by atoms with van der Waals surface area (Å²) in [5.41, 5.74) is 3.98. The molecule has 1 aliphatic heterocycles. The van der Waals surface area contributed by atoms with E-state index in [4.69, 9.17) is 14.2 Å². The van der Waals surface area contributed by atoms with E-state index in [2.05, 4.69) is 17.1 Å². The van der Waals surface area contributed by atoms with E-state index in [9.17, 15) is 4.79 Å². The molecule has 4 atom stereocenters. The van der Waals surface area contributed by atoms with Crippen LogP contribution in [0.15, 0.2) is 42.4 Å². The van der Waals surface area contributed by atoms with Gasteiger partial charge in [0.25, 0.3) is 0 Å². The number of hydrogen-bond donors (Lipinski definition) is 0. The molecule has 4 unspecified atom stereocenters. The van der Waals surface area contributed by atoms with E-state index in [1.54, 1.807) is 19.5 Å². The lowest BCUT2D eigenvalue weighted by Gasteiger charge is -2.53. The lowest BCUT2D eigenvalue weighted by molar-refractivity contribution is -0.00135. The maximum absolute atomic E-state index is 12.9. The predicted molar refractivity (Wildman–Crippen MR) is 111 cm³/mol. The van der Waals surface area contributed by atoms with Crippen molar-refractivity contribution in [3.63, 3.8) is 0 Å². The molecule has 2 heterocycles. The Morgan fingerprint density at radius 2 is 2.20 bits per heavy atom. The first-order valence-electron chi connectivity index (χ1n) is 10.8. The number of benzene rings is 1. The molecule has 154 valence electrons. The molecule has 0 N–H and O–H groups in total. The highest BCUT2D eigenvalue weighted by Crippen LogP contribution is 2.65. The zero-order chi connectivity index (χ0) is 20.5. The van der Waals surface area contributed by atoms with E-state index in [1.807, 2.05) is 19.1 Å². The van der Waals surface area contributed by atoms with Gasteiger partial charge in [-0.2, -0.15) is 0 Å². The normalized spacial score (nSPS) is 30.1.